The van der Waals surface area contributed by atoms with Crippen molar-refractivity contribution in [1.29, 1.82) is 0 Å². The first-order valence-corrected chi connectivity index (χ1v) is 9.38. The maximum Gasteiger partial charge on any atom is 0.259 e. The maximum atomic E-state index is 12.9. The van der Waals surface area contributed by atoms with E-state index in [-0.39, 0.29) is 5.91 Å². The average Bonchev–Trinajstić information content (AvgIpc) is 3.15. The largest absolute Gasteiger partial charge is 0.322 e. The number of hydrogen-bond donors (Lipinski definition) is 1. The summed E-state index contributed by atoms with van der Waals surface area (Å²) < 4.78 is 1.78. The Bertz CT molecular complexity index is 1160. The van der Waals surface area contributed by atoms with Gasteiger partial charge in [0.25, 0.3) is 5.91 Å². The number of benzene rings is 2. The fraction of sp³-hybridized carbons (Fsp3) is 0.174. The molecule has 4 aromatic rings. The molecule has 0 spiro atoms. The number of anilines is 1. The van der Waals surface area contributed by atoms with E-state index in [1.807, 2.05) is 68.4 Å². The van der Waals surface area contributed by atoms with Gasteiger partial charge in [-0.25, -0.2) is 9.50 Å². The van der Waals surface area contributed by atoms with Crippen molar-refractivity contribution in [2.75, 3.05) is 5.32 Å². The van der Waals surface area contributed by atoms with Gasteiger partial charge in [-0.15, -0.1) is 0 Å². The molecule has 0 saturated heterocycles. The van der Waals surface area contributed by atoms with Crippen LogP contribution in [-0.2, 0) is 6.42 Å². The number of hydrogen-bond acceptors (Lipinski definition) is 3. The van der Waals surface area contributed by atoms with Crippen LogP contribution in [0.15, 0.2) is 60.8 Å². The minimum atomic E-state index is -0.175. The van der Waals surface area contributed by atoms with Crippen molar-refractivity contribution < 1.29 is 4.79 Å². The normalized spacial score (nSPS) is 11.0. The molecule has 1 N–H and O–H groups in total. The second-order valence-corrected chi connectivity index (χ2v) is 6.89. The second-order valence-electron chi connectivity index (χ2n) is 6.89. The highest BCUT2D eigenvalue weighted by atomic mass is 16.1. The standard InChI is InChI=1S/C23H22N4O/c1-4-21-19(23(28)25-18-11-10-15(2)16(3)12-18)14-24-22-13-20(26-27(21)22)17-8-6-5-7-9-17/h5-14H,4H2,1-3H3,(H,25,28). The molecule has 5 nitrogen and oxygen atoms in total. The summed E-state index contributed by atoms with van der Waals surface area (Å²) in [7, 11) is 0. The molecule has 0 aliphatic heterocycles. The van der Waals surface area contributed by atoms with E-state index in [0.717, 1.165) is 33.8 Å². The SMILES string of the molecule is CCc1c(C(=O)Nc2ccc(C)c(C)c2)cnc2cc(-c3ccccc3)nn12. The third kappa shape index (κ3) is 3.27. The molecule has 0 saturated carbocycles. The molecule has 0 bridgehead atoms. The monoisotopic (exact) mass is 370 g/mol. The smallest absolute Gasteiger partial charge is 0.259 e. The fourth-order valence-corrected chi connectivity index (χ4v) is 3.28. The highest BCUT2D eigenvalue weighted by molar-refractivity contribution is 6.05. The Morgan fingerprint density at radius 1 is 1.04 bits per heavy atom. The topological polar surface area (TPSA) is 59.3 Å². The number of aryl methyl sites for hydroxylation is 3. The first-order chi connectivity index (χ1) is 13.6. The highest BCUT2D eigenvalue weighted by Gasteiger charge is 2.17. The molecule has 2 aromatic carbocycles. The molecule has 28 heavy (non-hydrogen) atoms. The number of carbonyl (C=O) groups excluding carboxylic acids is 1. The van der Waals surface area contributed by atoms with Gasteiger partial charge < -0.3 is 5.32 Å². The van der Waals surface area contributed by atoms with Gasteiger partial charge >= 0.3 is 0 Å². The number of rotatable bonds is 4. The maximum absolute atomic E-state index is 12.9. The van der Waals surface area contributed by atoms with E-state index in [1.54, 1.807) is 10.7 Å². The van der Waals surface area contributed by atoms with E-state index >= 15 is 0 Å². The van der Waals surface area contributed by atoms with Crippen molar-refractivity contribution in [3.8, 4) is 11.3 Å². The minimum Gasteiger partial charge on any atom is -0.322 e. The molecular weight excluding hydrogens is 348 g/mol. The lowest BCUT2D eigenvalue weighted by atomic mass is 10.1. The van der Waals surface area contributed by atoms with E-state index < -0.39 is 0 Å². The predicted octanol–water partition coefficient (Wildman–Crippen LogP) is 4.83. The van der Waals surface area contributed by atoms with Crippen molar-refractivity contribution in [3.05, 3.63) is 83.2 Å². The molecule has 4 rings (SSSR count). The molecule has 0 atom stereocenters. The molecule has 0 aliphatic carbocycles. The van der Waals surface area contributed by atoms with E-state index in [9.17, 15) is 4.79 Å². The summed E-state index contributed by atoms with van der Waals surface area (Å²) >= 11 is 0. The van der Waals surface area contributed by atoms with Gasteiger partial charge in [0.2, 0.25) is 0 Å². The Hall–Kier alpha value is -3.47. The van der Waals surface area contributed by atoms with Gasteiger partial charge in [-0.05, 0) is 43.5 Å². The zero-order valence-electron chi connectivity index (χ0n) is 16.2. The van der Waals surface area contributed by atoms with Crippen molar-refractivity contribution in [1.82, 2.24) is 14.6 Å². The van der Waals surface area contributed by atoms with Crippen LogP contribution in [0.4, 0.5) is 5.69 Å². The summed E-state index contributed by atoms with van der Waals surface area (Å²) in [5, 5.41) is 7.69. The Labute approximate surface area is 164 Å². The van der Waals surface area contributed by atoms with Crippen LogP contribution >= 0.6 is 0 Å². The quantitative estimate of drug-likeness (QED) is 0.560. The summed E-state index contributed by atoms with van der Waals surface area (Å²) in [6, 6.07) is 17.8. The number of fused-ring (bicyclic) bond motifs is 1. The molecule has 0 radical (unpaired) electrons. The lowest BCUT2D eigenvalue weighted by Crippen LogP contribution is -2.17. The van der Waals surface area contributed by atoms with E-state index in [0.29, 0.717) is 12.0 Å². The van der Waals surface area contributed by atoms with Gasteiger partial charge in [0.05, 0.1) is 17.0 Å². The van der Waals surface area contributed by atoms with Crippen LogP contribution in [0.1, 0.15) is 34.1 Å². The fourth-order valence-electron chi connectivity index (χ4n) is 3.28. The van der Waals surface area contributed by atoms with Gasteiger partial charge in [0.1, 0.15) is 0 Å². The van der Waals surface area contributed by atoms with Crippen LogP contribution < -0.4 is 5.32 Å². The lowest BCUT2D eigenvalue weighted by Gasteiger charge is -2.11. The number of nitrogens with zero attached hydrogens (tertiary/aromatic N) is 3. The number of aromatic nitrogens is 3. The van der Waals surface area contributed by atoms with Crippen molar-refractivity contribution in [2.45, 2.75) is 27.2 Å². The van der Waals surface area contributed by atoms with Gasteiger partial charge in [0.15, 0.2) is 5.65 Å². The van der Waals surface area contributed by atoms with E-state index in [2.05, 4.69) is 17.2 Å². The van der Waals surface area contributed by atoms with Crippen LogP contribution in [0.5, 0.6) is 0 Å². The molecule has 5 heteroatoms. The number of carbonyl (C=O) groups is 1. The minimum absolute atomic E-state index is 0.175. The Morgan fingerprint density at radius 2 is 1.82 bits per heavy atom. The van der Waals surface area contributed by atoms with Gasteiger partial charge in [-0.2, -0.15) is 5.10 Å². The van der Waals surface area contributed by atoms with Crippen molar-refractivity contribution >= 4 is 17.2 Å². The van der Waals surface area contributed by atoms with Crippen LogP contribution in [0.25, 0.3) is 16.9 Å². The third-order valence-corrected chi connectivity index (χ3v) is 5.00. The molecule has 2 aromatic heterocycles. The van der Waals surface area contributed by atoms with E-state index in [4.69, 9.17) is 5.10 Å². The van der Waals surface area contributed by atoms with Crippen LogP contribution in [0.3, 0.4) is 0 Å². The number of nitrogens with one attached hydrogen (secondary N) is 1. The molecule has 0 aliphatic rings. The Morgan fingerprint density at radius 3 is 2.54 bits per heavy atom. The summed E-state index contributed by atoms with van der Waals surface area (Å²) in [6.45, 7) is 6.10. The Kier molecular flexibility index (Phi) is 4.65. The first-order valence-electron chi connectivity index (χ1n) is 9.38. The van der Waals surface area contributed by atoms with Crippen LogP contribution in [0, 0.1) is 13.8 Å². The predicted molar refractivity (Wildman–Crippen MR) is 112 cm³/mol. The van der Waals surface area contributed by atoms with Crippen LogP contribution in [0.2, 0.25) is 0 Å². The average molecular weight is 370 g/mol. The molecule has 140 valence electrons. The Balaban J connectivity index is 1.72. The van der Waals surface area contributed by atoms with Crippen molar-refractivity contribution in [2.24, 2.45) is 0 Å². The van der Waals surface area contributed by atoms with Gasteiger partial charge in [-0.3, -0.25) is 4.79 Å². The van der Waals surface area contributed by atoms with Crippen molar-refractivity contribution in [3.63, 3.8) is 0 Å². The molecule has 1 amide bonds. The molecule has 2 heterocycles. The zero-order valence-corrected chi connectivity index (χ0v) is 16.2. The molecule has 0 unspecified atom stereocenters. The van der Waals surface area contributed by atoms with Crippen LogP contribution in [-0.4, -0.2) is 20.5 Å². The molecule has 0 fully saturated rings. The second kappa shape index (κ2) is 7.27. The third-order valence-electron chi connectivity index (χ3n) is 5.00. The first kappa shape index (κ1) is 17.9. The van der Waals surface area contributed by atoms with Gasteiger partial charge in [-0.1, -0.05) is 43.3 Å². The summed E-state index contributed by atoms with van der Waals surface area (Å²) in [5.74, 6) is -0.175. The summed E-state index contributed by atoms with van der Waals surface area (Å²) in [5.41, 5.74) is 7.09. The van der Waals surface area contributed by atoms with E-state index in [1.165, 1.54) is 5.56 Å². The summed E-state index contributed by atoms with van der Waals surface area (Å²) in [4.78, 5) is 17.4. The summed E-state index contributed by atoms with van der Waals surface area (Å²) in [6.07, 6.45) is 2.31. The van der Waals surface area contributed by atoms with Gasteiger partial charge in [0, 0.05) is 23.5 Å². The zero-order chi connectivity index (χ0) is 19.7. The highest BCUT2D eigenvalue weighted by Crippen LogP contribution is 2.22. The lowest BCUT2D eigenvalue weighted by molar-refractivity contribution is 0.102. The number of amides is 1. The molecular formula is C23H22N4O.